The molecule has 0 aromatic heterocycles. The van der Waals surface area contributed by atoms with Gasteiger partial charge in [0.25, 0.3) is 0 Å². The highest BCUT2D eigenvalue weighted by molar-refractivity contribution is 5.89. The first-order valence-corrected chi connectivity index (χ1v) is 6.53. The van der Waals surface area contributed by atoms with Crippen LogP contribution < -0.4 is 0 Å². The van der Waals surface area contributed by atoms with Crippen LogP contribution in [0.25, 0.3) is 0 Å². The quantitative estimate of drug-likeness (QED) is 0.778. The van der Waals surface area contributed by atoms with Crippen LogP contribution in [0.3, 0.4) is 0 Å². The molecule has 0 amide bonds. The number of hydrogen-bond donors (Lipinski definition) is 0. The normalized spacial score (nSPS) is 20.9. The summed E-state index contributed by atoms with van der Waals surface area (Å²) < 4.78 is 4.70. The van der Waals surface area contributed by atoms with Gasteiger partial charge in [0.1, 0.15) is 0 Å². The van der Waals surface area contributed by atoms with E-state index >= 15 is 0 Å². The van der Waals surface area contributed by atoms with Crippen molar-refractivity contribution >= 4 is 5.97 Å². The molecule has 0 spiro atoms. The summed E-state index contributed by atoms with van der Waals surface area (Å²) in [7, 11) is 1.41. The lowest BCUT2D eigenvalue weighted by atomic mass is 10.0. The van der Waals surface area contributed by atoms with Crippen LogP contribution in [0.2, 0.25) is 0 Å². The molecule has 0 saturated heterocycles. The molecule has 2 aromatic rings. The molecule has 0 aliphatic heterocycles. The molecule has 0 bridgehead atoms. The average molecular weight is 252 g/mol. The Hall–Kier alpha value is -2.09. The fourth-order valence-electron chi connectivity index (χ4n) is 2.62. The summed E-state index contributed by atoms with van der Waals surface area (Å²) in [5.74, 6) is 0.946. The van der Waals surface area contributed by atoms with Crippen LogP contribution in [0.1, 0.15) is 39.7 Å². The van der Waals surface area contributed by atoms with Crippen LogP contribution in [0.5, 0.6) is 0 Å². The van der Waals surface area contributed by atoms with E-state index in [1.807, 2.05) is 30.3 Å². The van der Waals surface area contributed by atoms with Gasteiger partial charge in [0.15, 0.2) is 0 Å². The second-order valence-electron chi connectivity index (χ2n) is 4.97. The van der Waals surface area contributed by atoms with Gasteiger partial charge in [-0.25, -0.2) is 4.79 Å². The van der Waals surface area contributed by atoms with E-state index in [4.69, 9.17) is 4.74 Å². The number of methoxy groups -OCH3 is 1. The number of rotatable bonds is 3. The number of carbonyl (C=O) groups is 1. The van der Waals surface area contributed by atoms with Gasteiger partial charge in [0.2, 0.25) is 0 Å². The summed E-state index contributed by atoms with van der Waals surface area (Å²) in [5, 5.41) is 0. The zero-order chi connectivity index (χ0) is 13.2. The third-order valence-corrected chi connectivity index (χ3v) is 3.78. The number of esters is 1. The van der Waals surface area contributed by atoms with Gasteiger partial charge in [0.05, 0.1) is 12.7 Å². The first kappa shape index (κ1) is 12.0. The molecule has 2 atom stereocenters. The molecule has 2 aromatic carbocycles. The van der Waals surface area contributed by atoms with Crippen molar-refractivity contribution in [3.8, 4) is 0 Å². The van der Waals surface area contributed by atoms with Crippen molar-refractivity contribution < 1.29 is 9.53 Å². The number of hydrogen-bond acceptors (Lipinski definition) is 2. The molecule has 2 nitrogen and oxygen atoms in total. The highest BCUT2D eigenvalue weighted by Gasteiger charge is 2.39. The van der Waals surface area contributed by atoms with Crippen LogP contribution in [0.4, 0.5) is 0 Å². The Kier molecular flexibility index (Phi) is 3.08. The highest BCUT2D eigenvalue weighted by Crippen LogP contribution is 2.54. The minimum absolute atomic E-state index is 0.276. The number of carbonyl (C=O) groups excluding carboxylic acids is 1. The standard InChI is InChI=1S/C17H16O2/c1-19-17(18)14-9-7-13(8-10-14)16-11-15(16)12-5-3-2-4-6-12/h2-10,15-16H,11H2,1H3/t15-,16-/m0/s1. The van der Waals surface area contributed by atoms with Gasteiger partial charge in [-0.05, 0) is 41.5 Å². The van der Waals surface area contributed by atoms with E-state index in [1.54, 1.807) is 0 Å². The third-order valence-electron chi connectivity index (χ3n) is 3.78. The first-order valence-electron chi connectivity index (χ1n) is 6.53. The summed E-state index contributed by atoms with van der Waals surface area (Å²) >= 11 is 0. The maximum Gasteiger partial charge on any atom is 0.337 e. The lowest BCUT2D eigenvalue weighted by molar-refractivity contribution is 0.0600. The molecular weight excluding hydrogens is 236 g/mol. The molecule has 1 saturated carbocycles. The van der Waals surface area contributed by atoms with E-state index < -0.39 is 0 Å². The van der Waals surface area contributed by atoms with Gasteiger partial charge >= 0.3 is 5.97 Å². The molecule has 1 aliphatic rings. The average Bonchev–Trinajstić information content (AvgIpc) is 3.28. The second-order valence-corrected chi connectivity index (χ2v) is 4.97. The maximum absolute atomic E-state index is 11.4. The molecule has 96 valence electrons. The van der Waals surface area contributed by atoms with Crippen molar-refractivity contribution in [3.63, 3.8) is 0 Å². The van der Waals surface area contributed by atoms with Gasteiger partial charge in [-0.2, -0.15) is 0 Å². The van der Waals surface area contributed by atoms with Crippen LogP contribution in [0, 0.1) is 0 Å². The summed E-state index contributed by atoms with van der Waals surface area (Å²) in [5.41, 5.74) is 3.33. The van der Waals surface area contributed by atoms with Gasteiger partial charge in [-0.3, -0.25) is 0 Å². The first-order chi connectivity index (χ1) is 9.29. The fourth-order valence-corrected chi connectivity index (χ4v) is 2.62. The van der Waals surface area contributed by atoms with E-state index in [0.29, 0.717) is 17.4 Å². The molecule has 0 heterocycles. The van der Waals surface area contributed by atoms with Gasteiger partial charge in [-0.15, -0.1) is 0 Å². The van der Waals surface area contributed by atoms with Crippen LogP contribution >= 0.6 is 0 Å². The molecule has 19 heavy (non-hydrogen) atoms. The third kappa shape index (κ3) is 2.39. The Bertz CT molecular complexity index is 572. The van der Waals surface area contributed by atoms with E-state index in [1.165, 1.54) is 24.7 Å². The van der Waals surface area contributed by atoms with Gasteiger partial charge < -0.3 is 4.74 Å². The predicted molar refractivity (Wildman–Crippen MR) is 74.3 cm³/mol. The van der Waals surface area contributed by atoms with Crippen molar-refractivity contribution in [2.24, 2.45) is 0 Å². The number of benzene rings is 2. The summed E-state index contributed by atoms with van der Waals surface area (Å²) in [6, 6.07) is 18.4. The van der Waals surface area contributed by atoms with E-state index in [2.05, 4.69) is 24.3 Å². The van der Waals surface area contributed by atoms with Crippen LogP contribution in [-0.4, -0.2) is 13.1 Å². The Morgan fingerprint density at radius 2 is 1.53 bits per heavy atom. The van der Waals surface area contributed by atoms with Crippen LogP contribution in [0.15, 0.2) is 54.6 Å². The Labute approximate surface area is 113 Å². The van der Waals surface area contributed by atoms with E-state index in [9.17, 15) is 4.79 Å². The lowest BCUT2D eigenvalue weighted by Gasteiger charge is -2.03. The monoisotopic (exact) mass is 252 g/mol. The molecular formula is C17H16O2. The molecule has 2 heteroatoms. The molecule has 1 aliphatic carbocycles. The van der Waals surface area contributed by atoms with Crippen molar-refractivity contribution in [1.29, 1.82) is 0 Å². The van der Waals surface area contributed by atoms with Crippen molar-refractivity contribution in [3.05, 3.63) is 71.3 Å². The fraction of sp³-hybridized carbons (Fsp3) is 0.235. The summed E-state index contributed by atoms with van der Waals surface area (Å²) in [6.07, 6.45) is 1.20. The molecule has 1 fully saturated rings. The summed E-state index contributed by atoms with van der Waals surface area (Å²) in [6.45, 7) is 0. The van der Waals surface area contributed by atoms with Gasteiger partial charge in [0, 0.05) is 0 Å². The minimum atomic E-state index is -0.276. The Morgan fingerprint density at radius 1 is 0.947 bits per heavy atom. The Morgan fingerprint density at radius 3 is 2.11 bits per heavy atom. The van der Waals surface area contributed by atoms with Crippen molar-refractivity contribution in [1.82, 2.24) is 0 Å². The molecule has 0 unspecified atom stereocenters. The zero-order valence-corrected chi connectivity index (χ0v) is 10.9. The second kappa shape index (κ2) is 4.88. The van der Waals surface area contributed by atoms with Crippen LogP contribution in [-0.2, 0) is 4.74 Å². The molecule has 0 radical (unpaired) electrons. The molecule has 3 rings (SSSR count). The zero-order valence-electron chi connectivity index (χ0n) is 10.9. The minimum Gasteiger partial charge on any atom is -0.465 e. The van der Waals surface area contributed by atoms with Crippen molar-refractivity contribution in [2.75, 3.05) is 7.11 Å². The van der Waals surface area contributed by atoms with Gasteiger partial charge in [-0.1, -0.05) is 42.5 Å². The predicted octanol–water partition coefficient (Wildman–Crippen LogP) is 3.74. The SMILES string of the molecule is COC(=O)c1ccc([C@@H]2C[C@H]2c2ccccc2)cc1. The van der Waals surface area contributed by atoms with Crippen molar-refractivity contribution in [2.45, 2.75) is 18.3 Å². The molecule has 0 N–H and O–H groups in total. The topological polar surface area (TPSA) is 26.3 Å². The highest BCUT2D eigenvalue weighted by atomic mass is 16.5. The Balaban J connectivity index is 1.74. The lowest BCUT2D eigenvalue weighted by Crippen LogP contribution is -2.00. The van der Waals surface area contributed by atoms with E-state index in [-0.39, 0.29) is 5.97 Å². The smallest absolute Gasteiger partial charge is 0.337 e. The summed E-state index contributed by atoms with van der Waals surface area (Å²) in [4.78, 5) is 11.4. The largest absolute Gasteiger partial charge is 0.465 e. The van der Waals surface area contributed by atoms with E-state index in [0.717, 1.165) is 0 Å². The number of ether oxygens (including phenoxy) is 1. The maximum atomic E-state index is 11.4.